The molecule has 0 amide bonds. The van der Waals surface area contributed by atoms with Gasteiger partial charge in [-0.05, 0) is 42.5 Å². The Kier molecular flexibility index (Phi) is 4.89. The van der Waals surface area contributed by atoms with Crippen molar-refractivity contribution < 1.29 is 4.42 Å². The predicted octanol–water partition coefficient (Wildman–Crippen LogP) is 4.92. The van der Waals surface area contributed by atoms with Crippen molar-refractivity contribution in [2.24, 2.45) is 0 Å². The zero-order valence-electron chi connectivity index (χ0n) is 12.3. The number of hydrogen-bond donors (Lipinski definition) is 2. The van der Waals surface area contributed by atoms with Crippen molar-refractivity contribution in [1.29, 1.82) is 0 Å². The van der Waals surface area contributed by atoms with Crippen molar-refractivity contribution in [1.82, 2.24) is 14.9 Å². The fourth-order valence-corrected chi connectivity index (χ4v) is 3.18. The third-order valence-corrected chi connectivity index (χ3v) is 4.41. The van der Waals surface area contributed by atoms with Gasteiger partial charge in [-0.25, -0.2) is 4.68 Å². The van der Waals surface area contributed by atoms with Crippen LogP contribution in [-0.2, 0) is 13.0 Å². The van der Waals surface area contributed by atoms with Gasteiger partial charge in [0.1, 0.15) is 11.5 Å². The Morgan fingerprint density at radius 2 is 2.22 bits per heavy atom. The van der Waals surface area contributed by atoms with Gasteiger partial charge >= 0.3 is 0 Å². The van der Waals surface area contributed by atoms with Crippen LogP contribution >= 0.6 is 39.7 Å². The van der Waals surface area contributed by atoms with E-state index in [1.165, 1.54) is 0 Å². The largest absolute Gasteiger partial charge is 0.459 e. The minimum absolute atomic E-state index is 0.495. The van der Waals surface area contributed by atoms with Crippen LogP contribution in [0.4, 0.5) is 0 Å². The molecule has 0 atom stereocenters. The smallest absolute Gasteiger partial charge is 0.214 e. The standard InChI is InChI=1S/C15H14BrClN4OS/c1-2-14-19-20-15(23)21(14)18-8-10-4-6-13(22-10)11-5-3-9(16)7-12(11)17/h3-7,18H,2,8H2,1H3,(H,20,23). The van der Waals surface area contributed by atoms with Crippen LogP contribution < -0.4 is 5.43 Å². The number of rotatable bonds is 5. The number of hydrogen-bond acceptors (Lipinski definition) is 4. The summed E-state index contributed by atoms with van der Waals surface area (Å²) in [5.41, 5.74) is 4.06. The quantitative estimate of drug-likeness (QED) is 0.583. The Labute approximate surface area is 151 Å². The molecule has 3 aromatic rings. The first-order chi connectivity index (χ1) is 11.1. The summed E-state index contributed by atoms with van der Waals surface area (Å²) in [6.45, 7) is 2.51. The molecule has 0 fully saturated rings. The van der Waals surface area contributed by atoms with Crippen molar-refractivity contribution in [2.45, 2.75) is 19.9 Å². The molecule has 8 heteroatoms. The molecule has 0 bridgehead atoms. The van der Waals surface area contributed by atoms with Gasteiger partial charge in [0.2, 0.25) is 4.77 Å². The molecule has 0 radical (unpaired) electrons. The van der Waals surface area contributed by atoms with Crippen LogP contribution in [0.25, 0.3) is 11.3 Å². The zero-order chi connectivity index (χ0) is 16.4. The highest BCUT2D eigenvalue weighted by Gasteiger charge is 2.10. The number of H-pyrrole nitrogens is 1. The Hall–Kier alpha value is -1.57. The Bertz CT molecular complexity index is 886. The predicted molar refractivity (Wildman–Crippen MR) is 96.7 cm³/mol. The summed E-state index contributed by atoms with van der Waals surface area (Å²) in [6.07, 6.45) is 0.776. The van der Waals surface area contributed by atoms with Crippen LogP contribution in [0.5, 0.6) is 0 Å². The van der Waals surface area contributed by atoms with Gasteiger partial charge in [0.25, 0.3) is 0 Å². The maximum Gasteiger partial charge on any atom is 0.214 e. The van der Waals surface area contributed by atoms with E-state index in [2.05, 4.69) is 31.6 Å². The average molecular weight is 414 g/mol. The minimum atomic E-state index is 0.495. The second kappa shape index (κ2) is 6.90. The molecule has 3 rings (SSSR count). The van der Waals surface area contributed by atoms with E-state index in [9.17, 15) is 0 Å². The van der Waals surface area contributed by atoms with Crippen molar-refractivity contribution in [2.75, 3.05) is 5.43 Å². The third kappa shape index (κ3) is 3.52. The molecule has 2 aromatic heterocycles. The Morgan fingerprint density at radius 1 is 1.39 bits per heavy atom. The first-order valence-corrected chi connectivity index (χ1v) is 8.60. The summed E-state index contributed by atoms with van der Waals surface area (Å²) in [5, 5.41) is 7.56. The lowest BCUT2D eigenvalue weighted by Crippen LogP contribution is -2.16. The topological polar surface area (TPSA) is 58.8 Å². The number of aryl methyl sites for hydroxylation is 1. The fourth-order valence-electron chi connectivity index (χ4n) is 2.19. The number of furan rings is 1. The van der Waals surface area contributed by atoms with E-state index in [4.69, 9.17) is 28.2 Å². The van der Waals surface area contributed by atoms with Gasteiger partial charge in [0.15, 0.2) is 5.82 Å². The Morgan fingerprint density at radius 3 is 2.96 bits per heavy atom. The van der Waals surface area contributed by atoms with E-state index in [0.717, 1.165) is 33.8 Å². The average Bonchev–Trinajstić information content (AvgIpc) is 3.12. The van der Waals surface area contributed by atoms with Gasteiger partial charge in [0, 0.05) is 16.5 Å². The highest BCUT2D eigenvalue weighted by Crippen LogP contribution is 2.31. The lowest BCUT2D eigenvalue weighted by Gasteiger charge is -2.07. The van der Waals surface area contributed by atoms with Gasteiger partial charge in [-0.1, -0.05) is 34.5 Å². The van der Waals surface area contributed by atoms with Crippen molar-refractivity contribution >= 4 is 39.7 Å². The van der Waals surface area contributed by atoms with E-state index >= 15 is 0 Å². The molecule has 0 aliphatic rings. The summed E-state index contributed by atoms with van der Waals surface area (Å²) in [7, 11) is 0. The molecule has 0 spiro atoms. The molecule has 23 heavy (non-hydrogen) atoms. The minimum Gasteiger partial charge on any atom is -0.459 e. The highest BCUT2D eigenvalue weighted by molar-refractivity contribution is 9.10. The number of aromatic amines is 1. The summed E-state index contributed by atoms with van der Waals surface area (Å²) in [4.78, 5) is 0. The van der Waals surface area contributed by atoms with E-state index in [-0.39, 0.29) is 0 Å². The van der Waals surface area contributed by atoms with Crippen molar-refractivity contribution in [3.63, 3.8) is 0 Å². The number of nitrogens with one attached hydrogen (secondary N) is 2. The normalized spacial score (nSPS) is 10.9. The lowest BCUT2D eigenvalue weighted by molar-refractivity contribution is 0.521. The molecule has 1 aromatic carbocycles. The third-order valence-electron chi connectivity index (χ3n) is 3.33. The number of nitrogens with zero attached hydrogens (tertiary/aromatic N) is 2. The summed E-state index contributed by atoms with van der Waals surface area (Å²) in [6, 6.07) is 9.51. The summed E-state index contributed by atoms with van der Waals surface area (Å²) < 4.78 is 9.08. The van der Waals surface area contributed by atoms with Gasteiger partial charge in [-0.15, -0.1) is 0 Å². The number of aromatic nitrogens is 3. The van der Waals surface area contributed by atoms with E-state index in [1.807, 2.05) is 37.3 Å². The monoisotopic (exact) mass is 412 g/mol. The zero-order valence-corrected chi connectivity index (χ0v) is 15.4. The van der Waals surface area contributed by atoms with Crippen LogP contribution in [0, 0.1) is 4.77 Å². The molecule has 2 heterocycles. The lowest BCUT2D eigenvalue weighted by atomic mass is 10.2. The SMILES string of the molecule is CCc1n[nH]c(=S)n1NCc1ccc(-c2ccc(Br)cc2Cl)o1. The number of halogens is 2. The molecule has 0 saturated heterocycles. The van der Waals surface area contributed by atoms with Crippen LogP contribution in [0.1, 0.15) is 18.5 Å². The van der Waals surface area contributed by atoms with E-state index < -0.39 is 0 Å². The van der Waals surface area contributed by atoms with Gasteiger partial charge in [-0.3, -0.25) is 5.10 Å². The summed E-state index contributed by atoms with van der Waals surface area (Å²) in [5.74, 6) is 2.35. The van der Waals surface area contributed by atoms with Crippen LogP contribution in [-0.4, -0.2) is 14.9 Å². The van der Waals surface area contributed by atoms with E-state index in [0.29, 0.717) is 16.3 Å². The molecule has 2 N–H and O–H groups in total. The van der Waals surface area contributed by atoms with E-state index in [1.54, 1.807) is 4.68 Å². The second-order valence-corrected chi connectivity index (χ2v) is 6.57. The van der Waals surface area contributed by atoms with Crippen LogP contribution in [0.2, 0.25) is 5.02 Å². The highest BCUT2D eigenvalue weighted by atomic mass is 79.9. The molecule has 0 unspecified atom stereocenters. The van der Waals surface area contributed by atoms with Crippen molar-refractivity contribution in [3.8, 4) is 11.3 Å². The number of benzene rings is 1. The maximum atomic E-state index is 6.26. The molecule has 0 aliphatic carbocycles. The van der Waals surface area contributed by atoms with Crippen LogP contribution in [0.15, 0.2) is 39.2 Å². The molecule has 0 saturated carbocycles. The van der Waals surface area contributed by atoms with Crippen molar-refractivity contribution in [3.05, 3.63) is 56.2 Å². The first kappa shape index (κ1) is 16.3. The molecule has 120 valence electrons. The van der Waals surface area contributed by atoms with Gasteiger partial charge in [0.05, 0.1) is 11.6 Å². The summed E-state index contributed by atoms with van der Waals surface area (Å²) >= 11 is 14.8. The fraction of sp³-hybridized carbons (Fsp3) is 0.200. The van der Waals surface area contributed by atoms with Gasteiger partial charge in [-0.2, -0.15) is 5.10 Å². The van der Waals surface area contributed by atoms with Gasteiger partial charge < -0.3 is 9.84 Å². The maximum absolute atomic E-state index is 6.26. The van der Waals surface area contributed by atoms with Crippen LogP contribution in [0.3, 0.4) is 0 Å². The Balaban J connectivity index is 1.77. The molecule has 0 aliphatic heterocycles. The molecular formula is C15H14BrClN4OS. The second-order valence-electron chi connectivity index (χ2n) is 4.86. The molecule has 5 nitrogen and oxygen atoms in total. The molecular weight excluding hydrogens is 400 g/mol. The first-order valence-electron chi connectivity index (χ1n) is 7.02.